The summed E-state index contributed by atoms with van der Waals surface area (Å²) in [5.74, 6) is 2.46. The summed E-state index contributed by atoms with van der Waals surface area (Å²) < 4.78 is 17.9. The summed E-state index contributed by atoms with van der Waals surface area (Å²) in [6.45, 7) is 3.01. The molecule has 0 bridgehead atoms. The molecule has 1 aromatic heterocycles. The smallest absolute Gasteiger partial charge is 0.289 e. The zero-order valence-electron chi connectivity index (χ0n) is 16.7. The van der Waals surface area contributed by atoms with Crippen LogP contribution in [0.3, 0.4) is 0 Å². The maximum atomic E-state index is 12.8. The van der Waals surface area contributed by atoms with Gasteiger partial charge in [-0.3, -0.25) is 4.79 Å². The average Bonchev–Trinajstić information content (AvgIpc) is 3.27. The highest BCUT2D eigenvalue weighted by Crippen LogP contribution is 2.28. The van der Waals surface area contributed by atoms with Crippen molar-refractivity contribution >= 4 is 27.5 Å². The number of hydrogen-bond donors (Lipinski definition) is 0. The van der Waals surface area contributed by atoms with E-state index in [9.17, 15) is 4.79 Å². The number of hydrogen-bond acceptors (Lipinski definition) is 5. The lowest BCUT2D eigenvalue weighted by Crippen LogP contribution is -2.48. The van der Waals surface area contributed by atoms with Crippen molar-refractivity contribution in [1.82, 2.24) is 4.90 Å². The van der Waals surface area contributed by atoms with Crippen molar-refractivity contribution in [2.75, 3.05) is 38.2 Å². The molecule has 0 unspecified atom stereocenters. The minimum Gasteiger partial charge on any atom is -0.495 e. The van der Waals surface area contributed by atoms with Crippen LogP contribution in [0.5, 0.6) is 11.5 Å². The van der Waals surface area contributed by atoms with Crippen LogP contribution in [-0.4, -0.2) is 44.1 Å². The molecule has 2 aromatic carbocycles. The average molecular weight is 471 g/mol. The van der Waals surface area contributed by atoms with Gasteiger partial charge in [0.05, 0.1) is 12.8 Å². The van der Waals surface area contributed by atoms with Gasteiger partial charge in [0.15, 0.2) is 5.76 Å². The molecule has 0 radical (unpaired) electrons. The molecule has 0 atom stereocenters. The number of amides is 1. The number of furan rings is 1. The number of carbonyl (C=O) groups is 1. The molecule has 1 fully saturated rings. The number of piperazine rings is 1. The Morgan fingerprint density at radius 2 is 1.73 bits per heavy atom. The van der Waals surface area contributed by atoms with E-state index in [0.717, 1.165) is 34.7 Å². The Balaban J connectivity index is 1.33. The molecule has 3 aromatic rings. The van der Waals surface area contributed by atoms with Crippen molar-refractivity contribution in [3.8, 4) is 11.5 Å². The molecule has 7 heteroatoms. The van der Waals surface area contributed by atoms with Gasteiger partial charge in [-0.2, -0.15) is 0 Å². The molecule has 156 valence electrons. The van der Waals surface area contributed by atoms with Gasteiger partial charge < -0.3 is 23.7 Å². The maximum absolute atomic E-state index is 12.8. The lowest BCUT2D eigenvalue weighted by molar-refractivity contribution is 0.0710. The van der Waals surface area contributed by atoms with Crippen LogP contribution < -0.4 is 14.4 Å². The van der Waals surface area contributed by atoms with Crippen LogP contribution in [0.2, 0.25) is 0 Å². The summed E-state index contributed by atoms with van der Waals surface area (Å²) in [6.07, 6.45) is 0. The lowest BCUT2D eigenvalue weighted by atomic mass is 10.2. The predicted octanol–water partition coefficient (Wildman–Crippen LogP) is 4.59. The number of benzene rings is 2. The summed E-state index contributed by atoms with van der Waals surface area (Å²) in [4.78, 5) is 16.9. The number of halogens is 1. The van der Waals surface area contributed by atoms with E-state index in [-0.39, 0.29) is 12.5 Å². The van der Waals surface area contributed by atoms with Crippen LogP contribution in [0.4, 0.5) is 5.69 Å². The highest BCUT2D eigenvalue weighted by atomic mass is 79.9. The summed E-state index contributed by atoms with van der Waals surface area (Å²) in [7, 11) is 1.67. The Kier molecular flexibility index (Phi) is 6.28. The van der Waals surface area contributed by atoms with E-state index >= 15 is 0 Å². The molecule has 1 amide bonds. The first kappa shape index (κ1) is 20.3. The van der Waals surface area contributed by atoms with Gasteiger partial charge in [-0.15, -0.1) is 0 Å². The number of methoxy groups -OCH3 is 1. The number of anilines is 1. The van der Waals surface area contributed by atoms with Crippen LogP contribution in [0.15, 0.2) is 69.6 Å². The number of para-hydroxylation sites is 2. The third-order valence-electron chi connectivity index (χ3n) is 5.06. The zero-order valence-corrected chi connectivity index (χ0v) is 18.3. The summed E-state index contributed by atoms with van der Waals surface area (Å²) in [5.41, 5.74) is 1.05. The molecule has 0 spiro atoms. The molecule has 2 heterocycles. The Hall–Kier alpha value is -2.93. The standard InChI is InChI=1S/C23H23BrN2O4/c1-28-21-5-3-2-4-20(21)25-12-14-26(15-13-25)23(27)22-11-10-19(30-22)16-29-18-8-6-17(24)7-9-18/h2-11H,12-16H2,1H3. The molecule has 1 aliphatic heterocycles. The molecular formula is C23H23BrN2O4. The Morgan fingerprint density at radius 1 is 1.00 bits per heavy atom. The number of rotatable bonds is 6. The highest BCUT2D eigenvalue weighted by Gasteiger charge is 2.25. The molecule has 4 rings (SSSR count). The first-order chi connectivity index (χ1) is 14.6. The highest BCUT2D eigenvalue weighted by molar-refractivity contribution is 9.10. The van der Waals surface area contributed by atoms with Crippen LogP contribution in [-0.2, 0) is 6.61 Å². The molecule has 6 nitrogen and oxygen atoms in total. The predicted molar refractivity (Wildman–Crippen MR) is 118 cm³/mol. The monoisotopic (exact) mass is 470 g/mol. The Bertz CT molecular complexity index is 994. The van der Waals surface area contributed by atoms with Gasteiger partial charge in [-0.1, -0.05) is 28.1 Å². The van der Waals surface area contributed by atoms with E-state index in [1.165, 1.54) is 0 Å². The van der Waals surface area contributed by atoms with E-state index in [0.29, 0.717) is 24.6 Å². The van der Waals surface area contributed by atoms with Gasteiger partial charge in [-0.05, 0) is 48.5 Å². The molecule has 1 aliphatic rings. The van der Waals surface area contributed by atoms with Gasteiger partial charge in [-0.25, -0.2) is 0 Å². The van der Waals surface area contributed by atoms with Gasteiger partial charge in [0.25, 0.3) is 5.91 Å². The maximum Gasteiger partial charge on any atom is 0.289 e. The Morgan fingerprint density at radius 3 is 2.47 bits per heavy atom. The fourth-order valence-electron chi connectivity index (χ4n) is 3.45. The largest absolute Gasteiger partial charge is 0.495 e. The summed E-state index contributed by atoms with van der Waals surface area (Å²) in [5, 5.41) is 0. The minimum absolute atomic E-state index is 0.0930. The van der Waals surface area contributed by atoms with Gasteiger partial charge in [0, 0.05) is 30.7 Å². The van der Waals surface area contributed by atoms with Gasteiger partial charge >= 0.3 is 0 Å². The number of nitrogens with zero attached hydrogens (tertiary/aromatic N) is 2. The minimum atomic E-state index is -0.0930. The summed E-state index contributed by atoms with van der Waals surface area (Å²) >= 11 is 3.40. The normalized spacial score (nSPS) is 13.9. The van der Waals surface area contributed by atoms with Crippen LogP contribution in [0.25, 0.3) is 0 Å². The SMILES string of the molecule is COc1ccccc1N1CCN(C(=O)c2ccc(COc3ccc(Br)cc3)o2)CC1. The van der Waals surface area contributed by atoms with E-state index in [2.05, 4.69) is 20.8 Å². The van der Waals surface area contributed by atoms with Crippen LogP contribution in [0.1, 0.15) is 16.3 Å². The topological polar surface area (TPSA) is 55.2 Å². The second-order valence-corrected chi connectivity index (χ2v) is 7.88. The fraction of sp³-hybridized carbons (Fsp3) is 0.261. The molecule has 0 aliphatic carbocycles. The van der Waals surface area contributed by atoms with Crippen molar-refractivity contribution in [1.29, 1.82) is 0 Å². The van der Waals surface area contributed by atoms with Crippen LogP contribution in [0, 0.1) is 0 Å². The number of carbonyl (C=O) groups excluding carboxylic acids is 1. The van der Waals surface area contributed by atoms with Crippen LogP contribution >= 0.6 is 15.9 Å². The Labute approximate surface area is 184 Å². The van der Waals surface area contributed by atoms with Crippen molar-refractivity contribution in [2.45, 2.75) is 6.61 Å². The first-order valence-corrected chi connectivity index (χ1v) is 10.6. The third kappa shape index (κ3) is 4.62. The van der Waals surface area contributed by atoms with Crippen molar-refractivity contribution in [2.24, 2.45) is 0 Å². The van der Waals surface area contributed by atoms with Crippen molar-refractivity contribution < 1.29 is 18.7 Å². The summed E-state index contributed by atoms with van der Waals surface area (Å²) in [6, 6.07) is 19.0. The zero-order chi connectivity index (χ0) is 20.9. The molecule has 0 saturated carbocycles. The number of ether oxygens (including phenoxy) is 2. The molecule has 0 N–H and O–H groups in total. The quantitative estimate of drug-likeness (QED) is 0.527. The molecular weight excluding hydrogens is 448 g/mol. The van der Waals surface area contributed by atoms with E-state index in [1.807, 2.05) is 53.4 Å². The van der Waals surface area contributed by atoms with Gasteiger partial charge in [0.2, 0.25) is 0 Å². The first-order valence-electron chi connectivity index (χ1n) is 9.78. The van der Waals surface area contributed by atoms with E-state index in [4.69, 9.17) is 13.9 Å². The van der Waals surface area contributed by atoms with E-state index < -0.39 is 0 Å². The van der Waals surface area contributed by atoms with Gasteiger partial charge in [0.1, 0.15) is 23.9 Å². The molecule has 1 saturated heterocycles. The fourth-order valence-corrected chi connectivity index (χ4v) is 3.72. The van der Waals surface area contributed by atoms with Crippen molar-refractivity contribution in [3.63, 3.8) is 0 Å². The lowest BCUT2D eigenvalue weighted by Gasteiger charge is -2.36. The third-order valence-corrected chi connectivity index (χ3v) is 5.59. The molecule has 30 heavy (non-hydrogen) atoms. The van der Waals surface area contributed by atoms with E-state index in [1.54, 1.807) is 19.2 Å². The second-order valence-electron chi connectivity index (χ2n) is 6.96. The second kappa shape index (κ2) is 9.26. The van der Waals surface area contributed by atoms with Crippen molar-refractivity contribution in [3.05, 3.63) is 76.7 Å².